The van der Waals surface area contributed by atoms with Gasteiger partial charge in [0.1, 0.15) is 0 Å². The first-order valence-corrected chi connectivity index (χ1v) is 8.67. The molecule has 0 aliphatic heterocycles. The van der Waals surface area contributed by atoms with E-state index >= 15 is 0 Å². The maximum Gasteiger partial charge on any atom is -0.0169 e. The zero-order chi connectivity index (χ0) is 14.5. The Bertz CT molecular complexity index is 439. The summed E-state index contributed by atoms with van der Waals surface area (Å²) in [7, 11) is 0. The summed E-state index contributed by atoms with van der Waals surface area (Å²) in [5.41, 5.74) is 4.31. The van der Waals surface area contributed by atoms with E-state index in [1.807, 2.05) is 0 Å². The Balaban J connectivity index is 1.94. The molecule has 0 saturated heterocycles. The minimum Gasteiger partial charge on any atom is -0.0996 e. The second-order valence-corrected chi connectivity index (χ2v) is 8.88. The lowest BCUT2D eigenvalue weighted by molar-refractivity contribution is 0.122. The van der Waals surface area contributed by atoms with Crippen molar-refractivity contribution in [2.45, 2.75) is 72.6 Å². The molecule has 4 atom stereocenters. The van der Waals surface area contributed by atoms with Gasteiger partial charge in [0.25, 0.3) is 0 Å². The third-order valence-corrected chi connectivity index (χ3v) is 6.92. The summed E-state index contributed by atoms with van der Waals surface area (Å²) >= 11 is 0. The Hall–Kier alpha value is -0.520. The van der Waals surface area contributed by atoms with Gasteiger partial charge >= 0.3 is 0 Å². The van der Waals surface area contributed by atoms with Crippen LogP contribution in [-0.4, -0.2) is 0 Å². The predicted octanol–water partition coefficient (Wildman–Crippen LogP) is 6.14. The summed E-state index contributed by atoms with van der Waals surface area (Å²) in [5, 5.41) is 0. The molecule has 0 aromatic carbocycles. The van der Waals surface area contributed by atoms with Crippen LogP contribution in [0.4, 0.5) is 0 Å². The molecule has 3 unspecified atom stereocenters. The number of fused-ring (bicyclic) bond motifs is 3. The minimum atomic E-state index is 0.542. The highest BCUT2D eigenvalue weighted by Crippen LogP contribution is 2.67. The molecule has 0 nitrogen and oxygen atoms in total. The van der Waals surface area contributed by atoms with Crippen LogP contribution in [0.2, 0.25) is 0 Å². The Morgan fingerprint density at radius 2 is 1.90 bits per heavy atom. The molecule has 0 aromatic rings. The van der Waals surface area contributed by atoms with Crippen LogP contribution in [0.5, 0.6) is 0 Å². The maximum atomic E-state index is 4.50. The van der Waals surface area contributed by atoms with Crippen LogP contribution >= 0.6 is 0 Å². The van der Waals surface area contributed by atoms with Gasteiger partial charge in [0.2, 0.25) is 0 Å². The summed E-state index contributed by atoms with van der Waals surface area (Å²) in [5.74, 6) is 2.62. The molecule has 2 fully saturated rings. The fraction of sp³-hybridized carbons (Fsp3) is 0.800. The molecule has 0 amide bonds. The lowest BCUT2D eigenvalue weighted by Crippen LogP contribution is -2.30. The van der Waals surface area contributed by atoms with Crippen LogP contribution in [0.1, 0.15) is 72.6 Å². The van der Waals surface area contributed by atoms with Gasteiger partial charge in [-0.15, -0.1) is 0 Å². The topological polar surface area (TPSA) is 0 Å². The Morgan fingerprint density at radius 1 is 1.15 bits per heavy atom. The average Bonchev–Trinajstić information content (AvgIpc) is 2.80. The van der Waals surface area contributed by atoms with E-state index in [0.717, 1.165) is 17.8 Å². The smallest absolute Gasteiger partial charge is 0.0169 e. The van der Waals surface area contributed by atoms with Crippen LogP contribution in [0, 0.1) is 28.6 Å². The van der Waals surface area contributed by atoms with Crippen LogP contribution in [0.25, 0.3) is 0 Å². The SMILES string of the molecule is C=C1CC/C=C(\C)CCC2C1C[C@@]1(C)CCC(C)(C)C21. The third kappa shape index (κ3) is 2.20. The molecule has 0 heterocycles. The second kappa shape index (κ2) is 4.75. The van der Waals surface area contributed by atoms with Crippen molar-refractivity contribution in [1.29, 1.82) is 0 Å². The van der Waals surface area contributed by atoms with Crippen LogP contribution < -0.4 is 0 Å². The van der Waals surface area contributed by atoms with Crippen LogP contribution in [-0.2, 0) is 0 Å². The van der Waals surface area contributed by atoms with Gasteiger partial charge in [-0.2, -0.15) is 0 Å². The van der Waals surface area contributed by atoms with Crippen molar-refractivity contribution in [3.8, 4) is 0 Å². The molecule has 0 spiro atoms. The Morgan fingerprint density at radius 3 is 2.65 bits per heavy atom. The zero-order valence-corrected chi connectivity index (χ0v) is 14.0. The monoisotopic (exact) mass is 272 g/mol. The molecule has 0 N–H and O–H groups in total. The Labute approximate surface area is 125 Å². The number of hydrogen-bond acceptors (Lipinski definition) is 0. The standard InChI is InChI=1S/C20H32/c1-14-7-6-8-15(2)17-13-20(5)12-11-19(3,4)18(20)16(17)10-9-14/h7,16-18H,2,6,8-13H2,1,3-5H3/b14-7+/t16?,17?,18?,20-/m1/s1. The van der Waals surface area contributed by atoms with E-state index in [0.29, 0.717) is 10.8 Å². The van der Waals surface area contributed by atoms with Gasteiger partial charge in [0.15, 0.2) is 0 Å². The zero-order valence-electron chi connectivity index (χ0n) is 14.0. The van der Waals surface area contributed by atoms with E-state index in [2.05, 4.69) is 40.3 Å². The molecular weight excluding hydrogens is 240 g/mol. The van der Waals surface area contributed by atoms with Gasteiger partial charge in [-0.1, -0.05) is 44.6 Å². The number of hydrogen-bond donors (Lipinski definition) is 0. The van der Waals surface area contributed by atoms with E-state index in [4.69, 9.17) is 0 Å². The van der Waals surface area contributed by atoms with E-state index < -0.39 is 0 Å². The minimum absolute atomic E-state index is 0.542. The summed E-state index contributed by atoms with van der Waals surface area (Å²) < 4.78 is 0. The van der Waals surface area contributed by atoms with Crippen molar-refractivity contribution >= 4 is 0 Å². The van der Waals surface area contributed by atoms with Crippen molar-refractivity contribution in [2.24, 2.45) is 28.6 Å². The summed E-state index contributed by atoms with van der Waals surface area (Å²) in [6, 6.07) is 0. The molecule has 3 rings (SSSR count). The average molecular weight is 272 g/mol. The number of rotatable bonds is 0. The van der Waals surface area contributed by atoms with E-state index in [9.17, 15) is 0 Å². The van der Waals surface area contributed by atoms with Crippen molar-refractivity contribution in [1.82, 2.24) is 0 Å². The normalized spacial score (nSPS) is 46.7. The van der Waals surface area contributed by atoms with Gasteiger partial charge in [0.05, 0.1) is 0 Å². The molecule has 3 aliphatic rings. The molecule has 0 radical (unpaired) electrons. The van der Waals surface area contributed by atoms with Gasteiger partial charge in [0, 0.05) is 0 Å². The molecule has 0 aromatic heterocycles. The highest BCUT2D eigenvalue weighted by molar-refractivity contribution is 5.18. The fourth-order valence-corrected chi connectivity index (χ4v) is 6.07. The maximum absolute atomic E-state index is 4.50. The molecule has 0 bridgehead atoms. The van der Waals surface area contributed by atoms with E-state index in [-0.39, 0.29) is 0 Å². The number of allylic oxidation sites excluding steroid dienone is 3. The third-order valence-electron chi connectivity index (χ3n) is 6.92. The summed E-state index contributed by atoms with van der Waals surface area (Å²) in [6.07, 6.45) is 11.9. The second-order valence-electron chi connectivity index (χ2n) is 8.88. The summed E-state index contributed by atoms with van der Waals surface area (Å²) in [6.45, 7) is 14.5. The van der Waals surface area contributed by atoms with Crippen molar-refractivity contribution in [2.75, 3.05) is 0 Å². The molecule has 20 heavy (non-hydrogen) atoms. The lowest BCUT2D eigenvalue weighted by Gasteiger charge is -2.37. The fourth-order valence-electron chi connectivity index (χ4n) is 6.07. The molecule has 112 valence electrons. The molecular formula is C20H32. The summed E-state index contributed by atoms with van der Waals surface area (Å²) in [4.78, 5) is 0. The lowest BCUT2D eigenvalue weighted by atomic mass is 9.68. The largest absolute Gasteiger partial charge is 0.0996 e. The van der Waals surface area contributed by atoms with E-state index in [1.165, 1.54) is 44.9 Å². The highest BCUT2D eigenvalue weighted by Gasteiger charge is 2.59. The Kier molecular flexibility index (Phi) is 3.42. The van der Waals surface area contributed by atoms with Crippen LogP contribution in [0.3, 0.4) is 0 Å². The van der Waals surface area contributed by atoms with Gasteiger partial charge in [-0.25, -0.2) is 0 Å². The highest BCUT2D eigenvalue weighted by atomic mass is 14.6. The molecule has 2 saturated carbocycles. The first-order valence-electron chi connectivity index (χ1n) is 8.67. The van der Waals surface area contributed by atoms with E-state index in [1.54, 1.807) is 11.1 Å². The molecule has 3 aliphatic carbocycles. The van der Waals surface area contributed by atoms with Crippen molar-refractivity contribution in [3.63, 3.8) is 0 Å². The first kappa shape index (κ1) is 14.4. The van der Waals surface area contributed by atoms with Crippen molar-refractivity contribution in [3.05, 3.63) is 23.8 Å². The first-order chi connectivity index (χ1) is 9.33. The van der Waals surface area contributed by atoms with Gasteiger partial charge in [-0.3, -0.25) is 0 Å². The quantitative estimate of drug-likeness (QED) is 0.464. The predicted molar refractivity (Wildman–Crippen MR) is 87.6 cm³/mol. The van der Waals surface area contributed by atoms with Crippen molar-refractivity contribution < 1.29 is 0 Å². The molecule has 0 heteroatoms. The van der Waals surface area contributed by atoms with Crippen LogP contribution in [0.15, 0.2) is 23.8 Å². The van der Waals surface area contributed by atoms with Gasteiger partial charge < -0.3 is 0 Å². The van der Waals surface area contributed by atoms with Gasteiger partial charge in [-0.05, 0) is 80.5 Å².